The number of hydrogen-bond donors (Lipinski definition) is 0. The Bertz CT molecular complexity index is 645. The van der Waals surface area contributed by atoms with Crippen LogP contribution in [-0.2, 0) is 9.53 Å². The number of benzene rings is 2. The van der Waals surface area contributed by atoms with E-state index in [-0.39, 0.29) is 18.4 Å². The van der Waals surface area contributed by atoms with Crippen molar-refractivity contribution in [1.82, 2.24) is 0 Å². The lowest BCUT2D eigenvalue weighted by molar-refractivity contribution is -0.142. The molecule has 0 aliphatic heterocycles. The molecule has 2 aromatic rings. The first-order valence-electron chi connectivity index (χ1n) is 8.55. The minimum Gasteiger partial charge on any atom is -0.457 e. The number of ketones is 1. The predicted molar refractivity (Wildman–Crippen MR) is 95.9 cm³/mol. The van der Waals surface area contributed by atoms with Crippen molar-refractivity contribution >= 4 is 11.8 Å². The minimum absolute atomic E-state index is 0.170. The van der Waals surface area contributed by atoms with Gasteiger partial charge in [-0.25, -0.2) is 0 Å². The summed E-state index contributed by atoms with van der Waals surface area (Å²) in [6.07, 6.45) is 4.50. The maximum atomic E-state index is 12.1. The van der Waals surface area contributed by atoms with Gasteiger partial charge in [0.2, 0.25) is 0 Å². The Morgan fingerprint density at radius 3 is 2.17 bits per heavy atom. The van der Waals surface area contributed by atoms with Gasteiger partial charge in [-0.1, -0.05) is 80.8 Å². The fourth-order valence-electron chi connectivity index (χ4n) is 2.48. The normalized spacial score (nSPS) is 10.4. The van der Waals surface area contributed by atoms with E-state index >= 15 is 0 Å². The first-order valence-corrected chi connectivity index (χ1v) is 8.55. The van der Waals surface area contributed by atoms with Crippen molar-refractivity contribution in [2.24, 2.45) is 0 Å². The van der Waals surface area contributed by atoms with Crippen LogP contribution in [0.5, 0.6) is 0 Å². The largest absolute Gasteiger partial charge is 0.457 e. The molecule has 0 amide bonds. The van der Waals surface area contributed by atoms with Gasteiger partial charge in [-0.3, -0.25) is 9.59 Å². The lowest BCUT2D eigenvalue weighted by Gasteiger charge is -2.06. The molecule has 126 valence electrons. The van der Waals surface area contributed by atoms with Crippen LogP contribution in [-0.4, -0.2) is 18.4 Å². The smallest absolute Gasteiger partial charge is 0.306 e. The van der Waals surface area contributed by atoms with E-state index < -0.39 is 0 Å². The molecule has 0 heterocycles. The fourth-order valence-corrected chi connectivity index (χ4v) is 2.48. The molecule has 0 bridgehead atoms. The third-order valence-electron chi connectivity index (χ3n) is 3.91. The molecule has 0 saturated heterocycles. The molecule has 0 aliphatic carbocycles. The molecule has 0 spiro atoms. The number of esters is 1. The highest BCUT2D eigenvalue weighted by atomic mass is 16.5. The molecule has 0 aliphatic rings. The van der Waals surface area contributed by atoms with Gasteiger partial charge in [0.15, 0.2) is 12.4 Å². The molecule has 24 heavy (non-hydrogen) atoms. The molecule has 3 nitrogen and oxygen atoms in total. The van der Waals surface area contributed by atoms with Crippen LogP contribution in [0.25, 0.3) is 11.1 Å². The molecule has 0 saturated carbocycles. The summed E-state index contributed by atoms with van der Waals surface area (Å²) < 4.78 is 5.06. The van der Waals surface area contributed by atoms with Crippen LogP contribution in [0.2, 0.25) is 0 Å². The van der Waals surface area contributed by atoms with Crippen molar-refractivity contribution in [3.63, 3.8) is 0 Å². The van der Waals surface area contributed by atoms with Gasteiger partial charge in [-0.2, -0.15) is 0 Å². The number of Topliss-reactive ketones (excluding diaryl/α,β-unsaturated/α-hetero) is 1. The van der Waals surface area contributed by atoms with Gasteiger partial charge in [0, 0.05) is 12.0 Å². The average Bonchev–Trinajstić information content (AvgIpc) is 2.64. The Kier molecular flexibility index (Phi) is 7.21. The number of carbonyl (C=O) groups excluding carboxylic acids is 2. The Morgan fingerprint density at radius 1 is 0.833 bits per heavy atom. The SMILES string of the molecule is CCCCCCC(=O)OCC(=O)c1ccc(-c2ccccc2)cc1. The summed E-state index contributed by atoms with van der Waals surface area (Å²) in [4.78, 5) is 23.7. The van der Waals surface area contributed by atoms with Crippen LogP contribution in [0, 0.1) is 0 Å². The molecule has 0 radical (unpaired) electrons. The Hall–Kier alpha value is -2.42. The third-order valence-corrected chi connectivity index (χ3v) is 3.91. The van der Waals surface area contributed by atoms with E-state index in [1.165, 1.54) is 0 Å². The van der Waals surface area contributed by atoms with E-state index in [2.05, 4.69) is 6.92 Å². The van der Waals surface area contributed by atoms with Crippen LogP contribution in [0.3, 0.4) is 0 Å². The minimum atomic E-state index is -0.291. The summed E-state index contributed by atoms with van der Waals surface area (Å²) in [6, 6.07) is 17.4. The van der Waals surface area contributed by atoms with Crippen molar-refractivity contribution in [3.8, 4) is 11.1 Å². The van der Waals surface area contributed by atoms with Crippen molar-refractivity contribution in [1.29, 1.82) is 0 Å². The molecule has 2 rings (SSSR count). The van der Waals surface area contributed by atoms with E-state index in [0.29, 0.717) is 12.0 Å². The van der Waals surface area contributed by atoms with Crippen LogP contribution in [0.15, 0.2) is 54.6 Å². The molecule has 0 atom stereocenters. The summed E-state index contributed by atoms with van der Waals surface area (Å²) in [5.74, 6) is -0.461. The Morgan fingerprint density at radius 2 is 1.50 bits per heavy atom. The van der Waals surface area contributed by atoms with E-state index in [9.17, 15) is 9.59 Å². The second-order valence-electron chi connectivity index (χ2n) is 5.84. The fraction of sp³-hybridized carbons (Fsp3) is 0.333. The van der Waals surface area contributed by atoms with Gasteiger partial charge in [-0.05, 0) is 17.5 Å². The van der Waals surface area contributed by atoms with Crippen molar-refractivity contribution in [2.45, 2.75) is 39.0 Å². The number of ether oxygens (including phenoxy) is 1. The molecular weight excluding hydrogens is 300 g/mol. The molecule has 0 aromatic heterocycles. The first-order chi connectivity index (χ1) is 11.7. The zero-order valence-corrected chi connectivity index (χ0v) is 14.2. The molecule has 0 N–H and O–H groups in total. The van der Waals surface area contributed by atoms with E-state index in [1.54, 1.807) is 12.1 Å². The zero-order valence-electron chi connectivity index (χ0n) is 14.2. The molecular formula is C21H24O3. The van der Waals surface area contributed by atoms with Crippen molar-refractivity contribution in [2.75, 3.05) is 6.61 Å². The summed E-state index contributed by atoms with van der Waals surface area (Å²) >= 11 is 0. The van der Waals surface area contributed by atoms with Crippen LogP contribution < -0.4 is 0 Å². The van der Waals surface area contributed by atoms with Gasteiger partial charge in [0.1, 0.15) is 0 Å². The average molecular weight is 324 g/mol. The van der Waals surface area contributed by atoms with Crippen LogP contribution in [0.4, 0.5) is 0 Å². The van der Waals surface area contributed by atoms with Gasteiger partial charge in [0.25, 0.3) is 0 Å². The van der Waals surface area contributed by atoms with Gasteiger partial charge >= 0.3 is 5.97 Å². The molecule has 2 aromatic carbocycles. The summed E-state index contributed by atoms with van der Waals surface area (Å²) in [7, 11) is 0. The third kappa shape index (κ3) is 5.65. The topological polar surface area (TPSA) is 43.4 Å². The summed E-state index contributed by atoms with van der Waals surface area (Å²) in [5, 5.41) is 0. The van der Waals surface area contributed by atoms with Crippen LogP contribution >= 0.6 is 0 Å². The quantitative estimate of drug-likeness (QED) is 0.368. The highest BCUT2D eigenvalue weighted by molar-refractivity contribution is 5.98. The predicted octanol–water partition coefficient (Wildman–Crippen LogP) is 5.05. The van der Waals surface area contributed by atoms with Gasteiger partial charge in [0.05, 0.1) is 0 Å². The second kappa shape index (κ2) is 9.66. The zero-order chi connectivity index (χ0) is 17.2. The second-order valence-corrected chi connectivity index (χ2v) is 5.84. The van der Waals surface area contributed by atoms with Crippen LogP contribution in [0.1, 0.15) is 49.4 Å². The lowest BCUT2D eigenvalue weighted by Crippen LogP contribution is -2.13. The van der Waals surface area contributed by atoms with Crippen molar-refractivity contribution < 1.29 is 14.3 Å². The maximum Gasteiger partial charge on any atom is 0.306 e. The van der Waals surface area contributed by atoms with E-state index in [4.69, 9.17) is 4.74 Å². The maximum absolute atomic E-state index is 12.1. The number of hydrogen-bond acceptors (Lipinski definition) is 3. The standard InChI is InChI=1S/C21H24O3/c1-2-3-4-8-11-21(23)24-16-20(22)19-14-12-18(13-15-19)17-9-6-5-7-10-17/h5-7,9-10,12-15H,2-4,8,11,16H2,1H3. The van der Waals surface area contributed by atoms with E-state index in [1.807, 2.05) is 42.5 Å². The Balaban J connectivity index is 1.81. The monoisotopic (exact) mass is 324 g/mol. The lowest BCUT2D eigenvalue weighted by atomic mass is 10.0. The number of unbranched alkanes of at least 4 members (excludes halogenated alkanes) is 3. The summed E-state index contributed by atoms with van der Waals surface area (Å²) in [6.45, 7) is 1.94. The molecule has 3 heteroatoms. The van der Waals surface area contributed by atoms with Gasteiger partial charge < -0.3 is 4.74 Å². The van der Waals surface area contributed by atoms with Crippen molar-refractivity contribution in [3.05, 3.63) is 60.2 Å². The Labute approximate surface area is 143 Å². The number of carbonyl (C=O) groups is 2. The summed E-state index contributed by atoms with van der Waals surface area (Å²) in [5.41, 5.74) is 2.73. The highest BCUT2D eigenvalue weighted by Gasteiger charge is 2.10. The van der Waals surface area contributed by atoms with Gasteiger partial charge in [-0.15, -0.1) is 0 Å². The number of rotatable bonds is 9. The highest BCUT2D eigenvalue weighted by Crippen LogP contribution is 2.19. The first kappa shape index (κ1) is 17.9. The van der Waals surface area contributed by atoms with E-state index in [0.717, 1.165) is 36.8 Å². The molecule has 0 unspecified atom stereocenters. The molecule has 0 fully saturated rings.